The number of carboxylic acids is 1. The van der Waals surface area contributed by atoms with E-state index >= 15 is 0 Å². The Labute approximate surface area is 201 Å². The summed E-state index contributed by atoms with van der Waals surface area (Å²) in [4.78, 5) is 29.0. The van der Waals surface area contributed by atoms with Gasteiger partial charge in [0.25, 0.3) is 0 Å². The third-order valence-electron chi connectivity index (χ3n) is 7.37. The van der Waals surface area contributed by atoms with E-state index < -0.39 is 12.1 Å². The Morgan fingerprint density at radius 3 is 2.30 bits per heavy atom. The number of nitrogens with zero attached hydrogens (tertiary/aromatic N) is 1. The van der Waals surface area contributed by atoms with Gasteiger partial charge in [-0.25, -0.2) is 9.18 Å². The van der Waals surface area contributed by atoms with Crippen molar-refractivity contribution in [1.82, 2.24) is 0 Å². The van der Waals surface area contributed by atoms with Gasteiger partial charge in [0.1, 0.15) is 11.0 Å². The molecule has 2 fully saturated rings. The molecule has 1 N–H and O–H groups in total. The number of alkyl halides is 1. The minimum absolute atomic E-state index is 0.0543. The van der Waals surface area contributed by atoms with Crippen LogP contribution in [0.3, 0.4) is 0 Å². The maximum atomic E-state index is 13.9. The predicted molar refractivity (Wildman–Crippen MR) is 133 cm³/mol. The molecular formula is C27H36FNO3S. The smallest absolute Gasteiger partial charge is 0.348 e. The molecule has 0 unspecified atom stereocenters. The number of hydrogen-bond acceptors (Lipinski definition) is 3. The topological polar surface area (TPSA) is 57.6 Å². The molecule has 1 heterocycles. The second kappa shape index (κ2) is 11.8. The quantitative estimate of drug-likeness (QED) is 0.464. The molecule has 3 aliphatic carbocycles. The Morgan fingerprint density at radius 2 is 1.73 bits per heavy atom. The van der Waals surface area contributed by atoms with Crippen molar-refractivity contribution in [3.8, 4) is 12.8 Å². The van der Waals surface area contributed by atoms with Gasteiger partial charge in [0, 0.05) is 16.8 Å². The van der Waals surface area contributed by atoms with Gasteiger partial charge >= 0.3 is 5.97 Å². The third kappa shape index (κ3) is 6.06. The Bertz CT molecular complexity index is 873. The second-order valence-electron chi connectivity index (χ2n) is 9.68. The zero-order chi connectivity index (χ0) is 24.0. The van der Waals surface area contributed by atoms with Gasteiger partial charge in [0.05, 0.1) is 5.69 Å². The van der Waals surface area contributed by atoms with Crippen LogP contribution in [0.15, 0.2) is 12.1 Å². The molecule has 0 aliphatic heterocycles. The Kier molecular flexibility index (Phi) is 9.14. The molecule has 1 amide bonds. The average molecular weight is 474 g/mol. The van der Waals surface area contributed by atoms with Crippen LogP contribution in [-0.4, -0.2) is 29.2 Å². The Balaban J connectivity index is 0.00000149. The molecule has 3 aliphatic rings. The highest BCUT2D eigenvalue weighted by Gasteiger charge is 2.37. The number of hydrogen-bond donors (Lipinski definition) is 1. The van der Waals surface area contributed by atoms with Crippen LogP contribution >= 0.6 is 11.3 Å². The number of thiophene rings is 1. The van der Waals surface area contributed by atoms with Crippen LogP contribution < -0.4 is 4.90 Å². The minimum Gasteiger partial charge on any atom is -0.477 e. The molecule has 2 saturated carbocycles. The minimum atomic E-state index is -0.975. The number of anilines is 1. The van der Waals surface area contributed by atoms with Gasteiger partial charge in [-0.05, 0) is 94.6 Å². The number of terminal acetylenes is 1. The lowest BCUT2D eigenvalue weighted by molar-refractivity contribution is -0.124. The Morgan fingerprint density at radius 1 is 1.06 bits per heavy atom. The molecule has 1 aromatic rings. The summed E-state index contributed by atoms with van der Waals surface area (Å²) < 4.78 is 13.9. The van der Waals surface area contributed by atoms with E-state index in [1.165, 1.54) is 23.3 Å². The van der Waals surface area contributed by atoms with Crippen LogP contribution in [0.5, 0.6) is 0 Å². The first-order valence-corrected chi connectivity index (χ1v) is 13.1. The number of rotatable bonds is 5. The molecule has 0 spiro atoms. The van der Waals surface area contributed by atoms with Gasteiger partial charge in [-0.1, -0.05) is 13.0 Å². The standard InChI is InChI=1S/C25H34FNO3S.C2H2/c1-16-7-9-18(10-8-16)24(28)27(20-13-11-19(26)12-14-20)21-15-22(31-23(21)25(29)30)17-5-3-2-4-6-17;1-2/h5,15-16,18-20H,2-4,6-14H2,1H3,(H,29,30);1-2H. The van der Waals surface area contributed by atoms with E-state index in [2.05, 4.69) is 25.8 Å². The molecule has 0 atom stereocenters. The highest BCUT2D eigenvalue weighted by Crippen LogP contribution is 2.42. The number of carboxylic acid groups (broad SMARTS) is 1. The molecule has 6 heteroatoms. The molecular weight excluding hydrogens is 437 g/mol. The molecule has 0 radical (unpaired) electrons. The van der Waals surface area contributed by atoms with Crippen molar-refractivity contribution in [3.05, 3.63) is 21.9 Å². The summed E-state index contributed by atoms with van der Waals surface area (Å²) in [7, 11) is 0. The van der Waals surface area contributed by atoms with Crippen molar-refractivity contribution in [3.63, 3.8) is 0 Å². The van der Waals surface area contributed by atoms with Gasteiger partial charge in [-0.2, -0.15) is 0 Å². The van der Waals surface area contributed by atoms with Gasteiger partial charge < -0.3 is 10.0 Å². The first-order chi connectivity index (χ1) is 15.9. The number of allylic oxidation sites excluding steroid dienone is 2. The van der Waals surface area contributed by atoms with Gasteiger partial charge in [-0.15, -0.1) is 24.2 Å². The molecule has 1 aromatic heterocycles. The van der Waals surface area contributed by atoms with Gasteiger partial charge in [0.15, 0.2) is 0 Å². The monoisotopic (exact) mass is 473 g/mol. The summed E-state index contributed by atoms with van der Waals surface area (Å²) >= 11 is 1.30. The molecule has 0 saturated heterocycles. The first-order valence-electron chi connectivity index (χ1n) is 12.3. The second-order valence-corrected chi connectivity index (χ2v) is 10.7. The fourth-order valence-electron chi connectivity index (χ4n) is 5.43. The molecule has 4 rings (SSSR count). The fraction of sp³-hybridized carbons (Fsp3) is 0.630. The van der Waals surface area contributed by atoms with Crippen LogP contribution in [0.2, 0.25) is 0 Å². The Hall–Kier alpha value is -2.13. The first kappa shape index (κ1) is 25.5. The van der Waals surface area contributed by atoms with Crippen LogP contribution in [0.1, 0.15) is 98.5 Å². The summed E-state index contributed by atoms with van der Waals surface area (Å²) in [5, 5.41) is 9.99. The number of carbonyl (C=O) groups is 2. The summed E-state index contributed by atoms with van der Waals surface area (Å²) in [6.45, 7) is 2.23. The van der Waals surface area contributed by atoms with E-state index in [0.29, 0.717) is 37.3 Å². The van der Waals surface area contributed by atoms with Crippen molar-refractivity contribution >= 4 is 34.5 Å². The number of amides is 1. The maximum Gasteiger partial charge on any atom is 0.348 e. The van der Waals surface area contributed by atoms with Gasteiger partial charge in [-0.3, -0.25) is 4.79 Å². The van der Waals surface area contributed by atoms with E-state index in [4.69, 9.17) is 0 Å². The fourth-order valence-corrected chi connectivity index (χ4v) is 6.48. The third-order valence-corrected chi connectivity index (χ3v) is 8.56. The molecule has 4 nitrogen and oxygen atoms in total. The predicted octanol–water partition coefficient (Wildman–Crippen LogP) is 7.09. The van der Waals surface area contributed by atoms with E-state index in [1.54, 1.807) is 4.90 Å². The SMILES string of the molecule is C#C.CC1CCC(C(=O)N(c2cc(C3=CCCCC3)sc2C(=O)O)C2CCC(F)CC2)CC1. The summed E-state index contributed by atoms with van der Waals surface area (Å²) in [6.07, 6.45) is 19.6. The lowest BCUT2D eigenvalue weighted by atomic mass is 9.81. The van der Waals surface area contributed by atoms with E-state index in [0.717, 1.165) is 49.8 Å². The van der Waals surface area contributed by atoms with E-state index in [1.807, 2.05) is 6.07 Å². The lowest BCUT2D eigenvalue weighted by Crippen LogP contribution is -2.46. The maximum absolute atomic E-state index is 13.9. The van der Waals surface area contributed by atoms with E-state index in [-0.39, 0.29) is 22.7 Å². The molecule has 180 valence electrons. The number of aromatic carboxylic acids is 1. The largest absolute Gasteiger partial charge is 0.477 e. The van der Waals surface area contributed by atoms with Crippen LogP contribution in [0.4, 0.5) is 10.1 Å². The van der Waals surface area contributed by atoms with Crippen molar-refractivity contribution in [2.24, 2.45) is 11.8 Å². The summed E-state index contributed by atoms with van der Waals surface area (Å²) in [6, 6.07) is 1.83. The van der Waals surface area contributed by atoms with Crippen LogP contribution in [-0.2, 0) is 4.79 Å². The van der Waals surface area contributed by atoms with Crippen molar-refractivity contribution in [1.29, 1.82) is 0 Å². The summed E-state index contributed by atoms with van der Waals surface area (Å²) in [5.41, 5.74) is 1.75. The highest BCUT2D eigenvalue weighted by molar-refractivity contribution is 7.15. The molecule has 0 aromatic carbocycles. The average Bonchev–Trinajstić information content (AvgIpc) is 3.28. The van der Waals surface area contributed by atoms with Crippen LogP contribution in [0, 0.1) is 24.7 Å². The van der Waals surface area contributed by atoms with Gasteiger partial charge in [0.2, 0.25) is 5.91 Å². The number of halogens is 1. The molecule has 0 bridgehead atoms. The normalized spacial score (nSPS) is 27.6. The lowest BCUT2D eigenvalue weighted by Gasteiger charge is -2.38. The van der Waals surface area contributed by atoms with Crippen LogP contribution in [0.25, 0.3) is 5.57 Å². The molecule has 33 heavy (non-hydrogen) atoms. The van der Waals surface area contributed by atoms with E-state index in [9.17, 15) is 19.1 Å². The van der Waals surface area contributed by atoms with Crippen molar-refractivity contribution < 1.29 is 19.1 Å². The highest BCUT2D eigenvalue weighted by atomic mass is 32.1. The van der Waals surface area contributed by atoms with Crippen molar-refractivity contribution in [2.45, 2.75) is 96.2 Å². The zero-order valence-corrected chi connectivity index (χ0v) is 20.4. The number of carbonyl (C=O) groups excluding carboxylic acids is 1. The zero-order valence-electron chi connectivity index (χ0n) is 19.6. The van der Waals surface area contributed by atoms with Crippen molar-refractivity contribution in [2.75, 3.05) is 4.90 Å². The summed E-state index contributed by atoms with van der Waals surface area (Å²) in [5.74, 6) is -0.339.